The van der Waals surface area contributed by atoms with E-state index in [1.807, 2.05) is 6.92 Å². The molecule has 0 radical (unpaired) electrons. The van der Waals surface area contributed by atoms with Gasteiger partial charge in [0.1, 0.15) is 5.78 Å². The largest absolute Gasteiger partial charge is 0.372 e. The highest BCUT2D eigenvalue weighted by atomic mass is 16.6. The number of Topliss-reactive ketones (excluding diaryl/α,β-unsaturated/α-hetero) is 1. The summed E-state index contributed by atoms with van der Waals surface area (Å²) in [5.41, 5.74) is 5.06. The summed E-state index contributed by atoms with van der Waals surface area (Å²) >= 11 is 0. The molecule has 6 heteroatoms. The number of carbonyl (C=O) groups excluding carboxylic acids is 2. The van der Waals surface area contributed by atoms with Gasteiger partial charge in [-0.2, -0.15) is 0 Å². The van der Waals surface area contributed by atoms with Gasteiger partial charge in [-0.1, -0.05) is 13.8 Å². The van der Waals surface area contributed by atoms with Gasteiger partial charge in [-0.25, -0.2) is 0 Å². The highest BCUT2D eigenvalue weighted by molar-refractivity contribution is 5.78. The third-order valence-corrected chi connectivity index (χ3v) is 4.70. The van der Waals surface area contributed by atoms with Crippen molar-refractivity contribution in [2.75, 3.05) is 26.3 Å². The standard InChI is InChI=1S/C19H38N2O4/c1-6-18(4,11-12-20)25-15-19(5,7-2)24-14-13-21-17(23)10-8-9-16(3)22/h6-15,20H2,1-5H3,(H,21,23). The van der Waals surface area contributed by atoms with Gasteiger partial charge in [-0.05, 0) is 53.0 Å². The smallest absolute Gasteiger partial charge is 0.220 e. The fourth-order valence-electron chi connectivity index (χ4n) is 2.30. The van der Waals surface area contributed by atoms with Crippen molar-refractivity contribution in [2.24, 2.45) is 5.73 Å². The van der Waals surface area contributed by atoms with Gasteiger partial charge in [-0.15, -0.1) is 0 Å². The molecule has 2 unspecified atom stereocenters. The lowest BCUT2D eigenvalue weighted by Crippen LogP contribution is -2.42. The van der Waals surface area contributed by atoms with Gasteiger partial charge in [0.15, 0.2) is 0 Å². The first-order chi connectivity index (χ1) is 11.7. The molecule has 0 aromatic heterocycles. The molecule has 0 aromatic rings. The van der Waals surface area contributed by atoms with Gasteiger partial charge in [0.2, 0.25) is 5.91 Å². The second-order valence-electron chi connectivity index (χ2n) is 7.19. The van der Waals surface area contributed by atoms with Gasteiger partial charge in [0.25, 0.3) is 0 Å². The van der Waals surface area contributed by atoms with Crippen LogP contribution in [0.4, 0.5) is 0 Å². The van der Waals surface area contributed by atoms with Gasteiger partial charge in [0.05, 0.1) is 24.4 Å². The van der Waals surface area contributed by atoms with Crippen LogP contribution in [-0.4, -0.2) is 49.2 Å². The summed E-state index contributed by atoms with van der Waals surface area (Å²) in [4.78, 5) is 22.5. The topological polar surface area (TPSA) is 90.7 Å². The average molecular weight is 359 g/mol. The SMILES string of the molecule is CCC(C)(CCN)OCC(C)(CC)OCCNC(=O)CCCC(C)=O. The average Bonchev–Trinajstić information content (AvgIpc) is 2.57. The molecule has 2 atom stereocenters. The summed E-state index contributed by atoms with van der Waals surface area (Å²) < 4.78 is 12.1. The number of ketones is 1. The van der Waals surface area contributed by atoms with Crippen molar-refractivity contribution in [3.8, 4) is 0 Å². The van der Waals surface area contributed by atoms with Crippen LogP contribution in [0.25, 0.3) is 0 Å². The van der Waals surface area contributed by atoms with Crippen LogP contribution in [0.3, 0.4) is 0 Å². The lowest BCUT2D eigenvalue weighted by Gasteiger charge is -2.35. The van der Waals surface area contributed by atoms with Crippen molar-refractivity contribution in [2.45, 2.75) is 84.3 Å². The van der Waals surface area contributed by atoms with Gasteiger partial charge in [0, 0.05) is 19.4 Å². The molecule has 0 saturated heterocycles. The maximum absolute atomic E-state index is 11.7. The molecule has 0 bridgehead atoms. The van der Waals surface area contributed by atoms with E-state index in [-0.39, 0.29) is 22.9 Å². The predicted molar refractivity (Wildman–Crippen MR) is 101 cm³/mol. The highest BCUT2D eigenvalue weighted by Gasteiger charge is 2.29. The Kier molecular flexibility index (Phi) is 11.9. The van der Waals surface area contributed by atoms with E-state index in [0.29, 0.717) is 45.6 Å². The third-order valence-electron chi connectivity index (χ3n) is 4.70. The Morgan fingerprint density at radius 3 is 2.20 bits per heavy atom. The number of amides is 1. The monoisotopic (exact) mass is 358 g/mol. The summed E-state index contributed by atoms with van der Waals surface area (Å²) in [6, 6.07) is 0. The Balaban J connectivity index is 4.13. The van der Waals surface area contributed by atoms with Crippen LogP contribution in [0.15, 0.2) is 0 Å². The quantitative estimate of drug-likeness (QED) is 0.439. The van der Waals surface area contributed by atoms with E-state index in [2.05, 4.69) is 26.1 Å². The van der Waals surface area contributed by atoms with Crippen molar-refractivity contribution < 1.29 is 19.1 Å². The lowest BCUT2D eigenvalue weighted by atomic mass is 9.97. The first kappa shape index (κ1) is 24.0. The Morgan fingerprint density at radius 2 is 1.68 bits per heavy atom. The maximum Gasteiger partial charge on any atom is 0.220 e. The summed E-state index contributed by atoms with van der Waals surface area (Å²) in [5, 5.41) is 2.82. The Bertz CT molecular complexity index is 403. The zero-order valence-corrected chi connectivity index (χ0v) is 16.8. The molecular weight excluding hydrogens is 320 g/mol. The Morgan fingerprint density at radius 1 is 1.04 bits per heavy atom. The molecule has 0 spiro atoms. The lowest BCUT2D eigenvalue weighted by molar-refractivity contribution is -0.138. The third kappa shape index (κ3) is 11.3. The Hall–Kier alpha value is -0.980. The van der Waals surface area contributed by atoms with E-state index in [4.69, 9.17) is 15.2 Å². The molecule has 25 heavy (non-hydrogen) atoms. The number of rotatable bonds is 15. The number of carbonyl (C=O) groups is 2. The molecule has 148 valence electrons. The molecule has 0 aliphatic heterocycles. The number of nitrogens with one attached hydrogen (secondary N) is 1. The zero-order valence-electron chi connectivity index (χ0n) is 16.8. The van der Waals surface area contributed by atoms with E-state index in [9.17, 15) is 9.59 Å². The molecule has 6 nitrogen and oxygen atoms in total. The van der Waals surface area contributed by atoms with Gasteiger partial charge in [-0.3, -0.25) is 4.79 Å². The summed E-state index contributed by atoms with van der Waals surface area (Å²) in [6.45, 7) is 11.8. The summed E-state index contributed by atoms with van der Waals surface area (Å²) in [7, 11) is 0. The molecule has 0 saturated carbocycles. The first-order valence-corrected chi connectivity index (χ1v) is 9.44. The van der Waals surface area contributed by atoms with E-state index >= 15 is 0 Å². The van der Waals surface area contributed by atoms with Crippen LogP contribution in [-0.2, 0) is 19.1 Å². The molecular formula is C19H38N2O4. The van der Waals surface area contributed by atoms with Gasteiger partial charge >= 0.3 is 0 Å². The van der Waals surface area contributed by atoms with E-state index in [1.54, 1.807) is 0 Å². The maximum atomic E-state index is 11.7. The number of hydrogen-bond donors (Lipinski definition) is 2. The van der Waals surface area contributed by atoms with Crippen molar-refractivity contribution >= 4 is 11.7 Å². The number of nitrogens with two attached hydrogens (primary N) is 1. The molecule has 0 rings (SSSR count). The van der Waals surface area contributed by atoms with E-state index < -0.39 is 0 Å². The van der Waals surface area contributed by atoms with Crippen LogP contribution in [0.1, 0.15) is 73.1 Å². The van der Waals surface area contributed by atoms with Crippen molar-refractivity contribution in [1.82, 2.24) is 5.32 Å². The minimum Gasteiger partial charge on any atom is -0.372 e. The van der Waals surface area contributed by atoms with Crippen LogP contribution < -0.4 is 11.1 Å². The van der Waals surface area contributed by atoms with Gasteiger partial charge < -0.3 is 25.3 Å². The minimum absolute atomic E-state index is 0.0409. The summed E-state index contributed by atoms with van der Waals surface area (Å²) in [6.07, 6.45) is 3.97. The van der Waals surface area contributed by atoms with Crippen LogP contribution in [0.5, 0.6) is 0 Å². The second kappa shape index (κ2) is 12.4. The predicted octanol–water partition coefficient (Wildman–Crippen LogP) is 2.58. The van der Waals surface area contributed by atoms with Crippen LogP contribution in [0, 0.1) is 0 Å². The molecule has 3 N–H and O–H groups in total. The fraction of sp³-hybridized carbons (Fsp3) is 0.895. The molecule has 0 aliphatic rings. The molecule has 0 aliphatic carbocycles. The fourth-order valence-corrected chi connectivity index (χ4v) is 2.30. The van der Waals surface area contributed by atoms with Crippen LogP contribution in [0.2, 0.25) is 0 Å². The number of ether oxygens (including phenoxy) is 2. The summed E-state index contributed by atoms with van der Waals surface area (Å²) in [5.74, 6) is 0.0735. The first-order valence-electron chi connectivity index (χ1n) is 9.44. The highest BCUT2D eigenvalue weighted by Crippen LogP contribution is 2.24. The van der Waals surface area contributed by atoms with E-state index in [1.165, 1.54) is 6.92 Å². The minimum atomic E-state index is -0.385. The second-order valence-corrected chi connectivity index (χ2v) is 7.19. The normalized spacial score (nSPS) is 16.1. The molecule has 1 amide bonds. The Labute approximate surface area is 153 Å². The van der Waals surface area contributed by atoms with Crippen molar-refractivity contribution in [3.63, 3.8) is 0 Å². The molecule has 0 fully saturated rings. The molecule has 0 aromatic carbocycles. The zero-order chi connectivity index (χ0) is 19.3. The van der Waals surface area contributed by atoms with Crippen molar-refractivity contribution in [1.29, 1.82) is 0 Å². The van der Waals surface area contributed by atoms with Crippen molar-refractivity contribution in [3.05, 3.63) is 0 Å². The van der Waals surface area contributed by atoms with E-state index in [0.717, 1.165) is 19.3 Å². The van der Waals surface area contributed by atoms with Crippen LogP contribution >= 0.6 is 0 Å². The number of hydrogen-bond acceptors (Lipinski definition) is 5. The molecule has 0 heterocycles.